The summed E-state index contributed by atoms with van der Waals surface area (Å²) in [5.74, 6) is 1.46. The fraction of sp³-hybridized carbons (Fsp3) is 0.938. The molecule has 3 fully saturated rings. The Kier molecular flexibility index (Phi) is 4.42. The first kappa shape index (κ1) is 15.5. The molecule has 1 saturated heterocycles. The van der Waals surface area contributed by atoms with Gasteiger partial charge in [-0.15, -0.1) is 0 Å². The molecule has 2 aliphatic carbocycles. The number of rotatable bonds is 4. The molecule has 120 valence electrons. The highest BCUT2D eigenvalue weighted by molar-refractivity contribution is 7.84. The molecule has 2 saturated carbocycles. The second-order valence-corrected chi connectivity index (χ2v) is 8.70. The number of amides is 1. The highest BCUT2D eigenvalue weighted by Crippen LogP contribution is 2.41. The van der Waals surface area contributed by atoms with Crippen molar-refractivity contribution in [3.8, 4) is 0 Å². The van der Waals surface area contributed by atoms with Crippen molar-refractivity contribution >= 4 is 16.7 Å². The molecule has 0 aromatic heterocycles. The summed E-state index contributed by atoms with van der Waals surface area (Å²) in [5, 5.41) is 3.74. The Bertz CT molecular complexity index is 428. The van der Waals surface area contributed by atoms with Gasteiger partial charge in [0, 0.05) is 28.9 Å². The van der Waals surface area contributed by atoms with Gasteiger partial charge in [0.25, 0.3) is 0 Å². The van der Waals surface area contributed by atoms with Gasteiger partial charge in [-0.2, -0.15) is 0 Å². The molecular formula is C16H28N2O2S. The first-order chi connectivity index (χ1) is 10.0. The lowest BCUT2D eigenvalue weighted by Crippen LogP contribution is -2.48. The predicted octanol–water partition coefficient (Wildman–Crippen LogP) is 2.01. The third kappa shape index (κ3) is 2.79. The molecule has 3 unspecified atom stereocenters. The monoisotopic (exact) mass is 312 g/mol. The molecule has 0 aromatic rings. The smallest absolute Gasteiger partial charge is 0.244 e. The molecule has 5 heteroatoms. The van der Waals surface area contributed by atoms with Crippen LogP contribution in [0.5, 0.6) is 0 Å². The van der Waals surface area contributed by atoms with Gasteiger partial charge in [-0.05, 0) is 38.5 Å². The van der Waals surface area contributed by atoms with E-state index in [2.05, 4.69) is 17.1 Å². The van der Waals surface area contributed by atoms with Gasteiger partial charge in [-0.25, -0.2) is 0 Å². The lowest BCUT2D eigenvalue weighted by Gasteiger charge is -2.33. The van der Waals surface area contributed by atoms with Crippen LogP contribution in [0.25, 0.3) is 0 Å². The molecule has 3 rings (SSSR count). The van der Waals surface area contributed by atoms with E-state index in [0.29, 0.717) is 11.7 Å². The Balaban J connectivity index is 1.84. The molecule has 1 amide bonds. The first-order valence-electron chi connectivity index (χ1n) is 8.44. The van der Waals surface area contributed by atoms with Crippen molar-refractivity contribution in [2.24, 2.45) is 5.92 Å². The molecular weight excluding hydrogens is 284 g/mol. The number of hydrogen-bond acceptors (Lipinski definition) is 3. The molecule has 0 radical (unpaired) electrons. The summed E-state index contributed by atoms with van der Waals surface area (Å²) in [6, 6.07) is 0.0707. The molecule has 3 aliphatic rings. The zero-order valence-corrected chi connectivity index (χ0v) is 14.1. The maximum atomic E-state index is 13.1. The van der Waals surface area contributed by atoms with Crippen molar-refractivity contribution in [3.05, 3.63) is 0 Å². The minimum absolute atomic E-state index is 0.0707. The fourth-order valence-electron chi connectivity index (χ4n) is 4.64. The number of carbonyl (C=O) groups is 1. The number of nitrogens with zero attached hydrogens (tertiary/aromatic N) is 1. The average Bonchev–Trinajstić information content (AvgIpc) is 3.13. The van der Waals surface area contributed by atoms with Gasteiger partial charge >= 0.3 is 0 Å². The third-order valence-electron chi connectivity index (χ3n) is 5.62. The summed E-state index contributed by atoms with van der Waals surface area (Å²) in [4.78, 5) is 15.2. The summed E-state index contributed by atoms with van der Waals surface area (Å²) >= 11 is 0. The summed E-state index contributed by atoms with van der Waals surface area (Å²) in [7, 11) is -0.858. The van der Waals surface area contributed by atoms with E-state index in [0.717, 1.165) is 25.7 Å². The summed E-state index contributed by atoms with van der Waals surface area (Å²) < 4.78 is 11.6. The Morgan fingerprint density at radius 1 is 1.29 bits per heavy atom. The van der Waals surface area contributed by atoms with Crippen LogP contribution in [0.3, 0.4) is 0 Å². The fourth-order valence-corrected chi connectivity index (χ4v) is 5.48. The van der Waals surface area contributed by atoms with Crippen LogP contribution in [-0.4, -0.2) is 44.8 Å². The Hall–Kier alpha value is -0.420. The Labute approximate surface area is 130 Å². The van der Waals surface area contributed by atoms with Crippen LogP contribution >= 0.6 is 0 Å². The minimum Gasteiger partial charge on any atom is -0.322 e. The maximum Gasteiger partial charge on any atom is 0.244 e. The van der Waals surface area contributed by atoms with Crippen molar-refractivity contribution in [2.75, 3.05) is 12.0 Å². The van der Waals surface area contributed by atoms with Gasteiger partial charge in [0.2, 0.25) is 5.91 Å². The van der Waals surface area contributed by atoms with Gasteiger partial charge in [-0.3, -0.25) is 14.3 Å². The lowest BCUT2D eigenvalue weighted by molar-refractivity contribution is -0.135. The summed E-state index contributed by atoms with van der Waals surface area (Å²) in [6.07, 6.45) is 11.2. The summed E-state index contributed by atoms with van der Waals surface area (Å²) in [6.45, 7) is 2.07. The number of carbonyl (C=O) groups excluding carboxylic acids is 1. The molecule has 1 N–H and O–H groups in total. The quantitative estimate of drug-likeness (QED) is 0.864. The zero-order chi connectivity index (χ0) is 15.0. The van der Waals surface area contributed by atoms with Crippen molar-refractivity contribution in [3.63, 3.8) is 0 Å². The number of nitrogens with one attached hydrogen (secondary N) is 1. The topological polar surface area (TPSA) is 49.4 Å². The van der Waals surface area contributed by atoms with E-state index >= 15 is 0 Å². The highest BCUT2D eigenvalue weighted by atomic mass is 32.2. The van der Waals surface area contributed by atoms with Gasteiger partial charge < -0.3 is 4.90 Å². The lowest BCUT2D eigenvalue weighted by atomic mass is 9.97. The van der Waals surface area contributed by atoms with Crippen LogP contribution in [0.4, 0.5) is 0 Å². The van der Waals surface area contributed by atoms with Crippen LogP contribution in [0.1, 0.15) is 58.3 Å². The average molecular weight is 312 g/mol. The Morgan fingerprint density at radius 2 is 1.90 bits per heavy atom. The predicted molar refractivity (Wildman–Crippen MR) is 85.3 cm³/mol. The SMILES string of the molecule is CC(CS(C)=O)N1C(=O)C2(CCCC2)NC1C1CCCC1. The van der Waals surface area contributed by atoms with E-state index in [1.54, 1.807) is 6.26 Å². The highest BCUT2D eigenvalue weighted by Gasteiger charge is 2.55. The molecule has 1 heterocycles. The molecule has 1 aliphatic heterocycles. The largest absolute Gasteiger partial charge is 0.322 e. The first-order valence-corrected chi connectivity index (χ1v) is 10.2. The van der Waals surface area contributed by atoms with Crippen molar-refractivity contribution in [1.82, 2.24) is 10.2 Å². The normalized spacial score (nSPS) is 32.2. The maximum absolute atomic E-state index is 13.1. The van der Waals surface area contributed by atoms with Crippen LogP contribution < -0.4 is 5.32 Å². The third-order valence-corrected chi connectivity index (χ3v) is 6.57. The molecule has 1 spiro atoms. The van der Waals surface area contributed by atoms with E-state index in [1.807, 2.05) is 0 Å². The van der Waals surface area contributed by atoms with Crippen molar-refractivity contribution in [1.29, 1.82) is 0 Å². The van der Waals surface area contributed by atoms with E-state index in [4.69, 9.17) is 0 Å². The van der Waals surface area contributed by atoms with Gasteiger partial charge in [0.15, 0.2) is 0 Å². The van der Waals surface area contributed by atoms with E-state index in [-0.39, 0.29) is 23.7 Å². The zero-order valence-electron chi connectivity index (χ0n) is 13.3. The van der Waals surface area contributed by atoms with E-state index < -0.39 is 10.8 Å². The minimum atomic E-state index is -0.858. The van der Waals surface area contributed by atoms with Gasteiger partial charge in [0.1, 0.15) is 0 Å². The van der Waals surface area contributed by atoms with Crippen LogP contribution in [0, 0.1) is 5.92 Å². The Morgan fingerprint density at radius 3 is 2.48 bits per heavy atom. The van der Waals surface area contributed by atoms with Gasteiger partial charge in [0.05, 0.1) is 11.7 Å². The molecule has 3 atom stereocenters. The van der Waals surface area contributed by atoms with Crippen molar-refractivity contribution < 1.29 is 9.00 Å². The van der Waals surface area contributed by atoms with Crippen LogP contribution in [-0.2, 0) is 15.6 Å². The van der Waals surface area contributed by atoms with E-state index in [9.17, 15) is 9.00 Å². The summed E-state index contributed by atoms with van der Waals surface area (Å²) in [5.41, 5.74) is -0.295. The van der Waals surface area contributed by atoms with E-state index in [1.165, 1.54) is 25.7 Å². The second kappa shape index (κ2) is 5.99. The van der Waals surface area contributed by atoms with Crippen LogP contribution in [0.15, 0.2) is 0 Å². The van der Waals surface area contributed by atoms with Gasteiger partial charge in [-0.1, -0.05) is 25.7 Å². The molecule has 21 heavy (non-hydrogen) atoms. The van der Waals surface area contributed by atoms with Crippen LogP contribution in [0.2, 0.25) is 0 Å². The number of hydrogen-bond donors (Lipinski definition) is 1. The standard InChI is InChI=1S/C16H28N2O2S/c1-12(11-21(2)20)18-14(13-7-3-4-8-13)17-16(15(18)19)9-5-6-10-16/h12-14,17H,3-11H2,1-2H3. The molecule has 4 nitrogen and oxygen atoms in total. The molecule has 0 bridgehead atoms. The second-order valence-electron chi connectivity index (χ2n) is 7.22. The molecule has 0 aromatic carbocycles. The van der Waals surface area contributed by atoms with Crippen molar-refractivity contribution in [2.45, 2.75) is 76.0 Å².